The maximum absolute atomic E-state index is 2.17. The van der Waals surface area contributed by atoms with Gasteiger partial charge in [-0.1, -0.05) is 20.4 Å². The third-order valence-electron chi connectivity index (χ3n) is 1.29. The summed E-state index contributed by atoms with van der Waals surface area (Å²) in [6, 6.07) is 0. The smallest absolute Gasteiger partial charge is 0.00903 e. The maximum atomic E-state index is 2.17. The monoisotopic (exact) mass is 120 g/mol. The van der Waals surface area contributed by atoms with E-state index in [0.717, 1.165) is 0 Å². The van der Waals surface area contributed by atoms with E-state index in [2.05, 4.69) is 30.1 Å². The molecule has 0 saturated heterocycles. The van der Waals surface area contributed by atoms with Crippen molar-refractivity contribution in [3.05, 3.63) is 35.2 Å². The van der Waals surface area contributed by atoms with Gasteiger partial charge in [0.25, 0.3) is 0 Å². The Balaban J connectivity index is 2.59. The average molecular weight is 120 g/mol. The van der Waals surface area contributed by atoms with Crippen molar-refractivity contribution in [2.75, 3.05) is 0 Å². The Morgan fingerprint density at radius 2 is 2.25 bits per heavy atom. The van der Waals surface area contributed by atoms with Gasteiger partial charge in [-0.05, 0) is 23.5 Å². The second kappa shape index (κ2) is 1.43. The summed E-state index contributed by atoms with van der Waals surface area (Å²) < 4.78 is 0. The molecule has 1 heteroatoms. The van der Waals surface area contributed by atoms with E-state index >= 15 is 0 Å². The molecule has 0 atom stereocenters. The van der Waals surface area contributed by atoms with Gasteiger partial charge < -0.3 is 0 Å². The van der Waals surface area contributed by atoms with Crippen LogP contribution in [0.25, 0.3) is 0 Å². The first-order valence-electron chi connectivity index (χ1n) is 2.60. The molecule has 0 aromatic rings. The normalized spacial score (nSPS) is 23.0. The molecule has 38 valence electrons. The van der Waals surface area contributed by atoms with Crippen LogP contribution in [0.2, 0.25) is 0 Å². The number of rotatable bonds is 0. The highest BCUT2D eigenvalue weighted by Gasteiger charge is 2.05. The van der Waals surface area contributed by atoms with Crippen LogP contribution in [0.15, 0.2) is 35.2 Å². The second-order valence-electron chi connectivity index (χ2n) is 1.81. The number of allylic oxidation sites excluding steroid dienone is 6. The van der Waals surface area contributed by atoms with Gasteiger partial charge in [-0.25, -0.2) is 0 Å². The van der Waals surface area contributed by atoms with Gasteiger partial charge >= 0.3 is 0 Å². The van der Waals surface area contributed by atoms with Crippen molar-refractivity contribution in [3.63, 3.8) is 0 Å². The Labute approximate surface area is 50.0 Å². The highest BCUT2D eigenvalue weighted by molar-refractivity contribution is 7.45. The van der Waals surface area contributed by atoms with E-state index in [-0.39, 0.29) is 0 Å². The van der Waals surface area contributed by atoms with Crippen molar-refractivity contribution in [2.45, 2.75) is 0 Å². The van der Waals surface area contributed by atoms with Crippen molar-refractivity contribution in [2.24, 2.45) is 0 Å². The Kier molecular flexibility index (Phi) is 0.767. The van der Waals surface area contributed by atoms with Crippen molar-refractivity contribution < 1.29 is 0 Å². The molecule has 0 amide bonds. The maximum Gasteiger partial charge on any atom is 0.00903 e. The zero-order valence-corrected chi connectivity index (χ0v) is 5.23. The first-order chi connectivity index (χ1) is 3.97. The molecule has 0 N–H and O–H groups in total. The summed E-state index contributed by atoms with van der Waals surface area (Å²) in [6.45, 7) is 0. The molecular formula is C7H5P. The first-order valence-corrected chi connectivity index (χ1v) is 3.56. The van der Waals surface area contributed by atoms with E-state index < -0.39 is 0 Å². The third kappa shape index (κ3) is 0.439. The first kappa shape index (κ1) is 4.29. The van der Waals surface area contributed by atoms with E-state index in [4.69, 9.17) is 0 Å². The average Bonchev–Trinajstić information content (AvgIpc) is 2.15. The van der Waals surface area contributed by atoms with Crippen LogP contribution in [0.4, 0.5) is 0 Å². The van der Waals surface area contributed by atoms with Crippen molar-refractivity contribution in [1.29, 1.82) is 0 Å². The molecule has 1 aliphatic heterocycles. The van der Waals surface area contributed by atoms with Gasteiger partial charge in [-0.2, -0.15) is 0 Å². The molecule has 8 heavy (non-hydrogen) atoms. The molecule has 0 bridgehead atoms. The summed E-state index contributed by atoms with van der Waals surface area (Å²) >= 11 is 0. The van der Waals surface area contributed by atoms with E-state index in [1.54, 1.807) is 0 Å². The van der Waals surface area contributed by atoms with Crippen LogP contribution in [0.1, 0.15) is 0 Å². The molecular weight excluding hydrogens is 115 g/mol. The zero-order valence-electron chi connectivity index (χ0n) is 4.33. The number of hydrogen-bond donors (Lipinski definition) is 0. The molecule has 0 aromatic carbocycles. The third-order valence-corrected chi connectivity index (χ3v) is 2.28. The molecule has 0 unspecified atom stereocenters. The van der Waals surface area contributed by atoms with Crippen LogP contribution >= 0.6 is 8.20 Å². The summed E-state index contributed by atoms with van der Waals surface area (Å²) in [5, 5.41) is 1.45. The minimum absolute atomic E-state index is 1.36. The van der Waals surface area contributed by atoms with Gasteiger partial charge in [0.15, 0.2) is 0 Å². The van der Waals surface area contributed by atoms with Gasteiger partial charge in [0.1, 0.15) is 0 Å². The second-order valence-corrected chi connectivity index (χ2v) is 2.85. The predicted octanol–water partition coefficient (Wildman–Crippen LogP) is 2.13. The minimum Gasteiger partial charge on any atom is -0.0678 e. The molecule has 1 heterocycles. The zero-order chi connectivity index (χ0) is 5.40. The van der Waals surface area contributed by atoms with Gasteiger partial charge in [0.2, 0.25) is 0 Å². The fraction of sp³-hybridized carbons (Fsp3) is 0. The quantitative estimate of drug-likeness (QED) is 0.429. The van der Waals surface area contributed by atoms with Gasteiger partial charge in [-0.3, -0.25) is 0 Å². The molecule has 0 nitrogen and oxygen atoms in total. The molecule has 0 spiro atoms. The van der Waals surface area contributed by atoms with E-state index in [1.807, 2.05) is 0 Å². The Morgan fingerprint density at radius 1 is 1.25 bits per heavy atom. The van der Waals surface area contributed by atoms with Crippen LogP contribution in [0.3, 0.4) is 0 Å². The Hall–Kier alpha value is -0.610. The molecule has 0 saturated carbocycles. The Bertz CT molecular complexity index is 203. The topological polar surface area (TPSA) is 0 Å². The summed E-state index contributed by atoms with van der Waals surface area (Å²) in [6.07, 6.45) is 8.57. The molecule has 2 aliphatic rings. The predicted molar refractivity (Wildman–Crippen MR) is 38.3 cm³/mol. The van der Waals surface area contributed by atoms with Crippen LogP contribution in [0, 0.1) is 0 Å². The summed E-state index contributed by atoms with van der Waals surface area (Å²) in [4.78, 5) is 0. The van der Waals surface area contributed by atoms with E-state index in [0.29, 0.717) is 0 Å². The standard InChI is InChI=1S/C7H5P/c1-2-6-4-5-8-7(6)3-1/h1-5H. The van der Waals surface area contributed by atoms with E-state index in [1.165, 1.54) is 19.1 Å². The van der Waals surface area contributed by atoms with Crippen LogP contribution in [-0.2, 0) is 0 Å². The van der Waals surface area contributed by atoms with Crippen molar-refractivity contribution in [3.8, 4) is 0 Å². The number of hydrogen-bond acceptors (Lipinski definition) is 0. The fourth-order valence-electron chi connectivity index (χ4n) is 0.881. The molecule has 0 fully saturated rings. The van der Waals surface area contributed by atoms with Crippen LogP contribution in [-0.4, -0.2) is 5.80 Å². The summed E-state index contributed by atoms with van der Waals surface area (Å²) in [7, 11) is 1.36. The largest absolute Gasteiger partial charge is 0.0678 e. The molecule has 2 rings (SSSR count). The lowest BCUT2D eigenvalue weighted by atomic mass is 10.3. The molecule has 1 aliphatic carbocycles. The van der Waals surface area contributed by atoms with Gasteiger partial charge in [-0.15, -0.1) is 0 Å². The van der Waals surface area contributed by atoms with Gasteiger partial charge in [0, 0.05) is 5.31 Å². The lowest BCUT2D eigenvalue weighted by Crippen LogP contribution is -1.63. The lowest BCUT2D eigenvalue weighted by Gasteiger charge is -1.84. The van der Waals surface area contributed by atoms with Crippen LogP contribution in [0.5, 0.6) is 0 Å². The lowest BCUT2D eigenvalue weighted by molar-refractivity contribution is 1.79. The SMILES string of the molecule is C1=CC2=CC=PC2=C1. The molecule has 0 aromatic heterocycles. The van der Waals surface area contributed by atoms with Crippen molar-refractivity contribution >= 4 is 14.0 Å². The molecule has 0 radical (unpaired) electrons. The highest BCUT2D eigenvalue weighted by atomic mass is 31.1. The number of fused-ring (bicyclic) bond motifs is 1. The summed E-state index contributed by atoms with van der Waals surface area (Å²) in [5.41, 5.74) is 1.40. The Morgan fingerprint density at radius 3 is 3.12 bits per heavy atom. The van der Waals surface area contributed by atoms with Gasteiger partial charge in [0.05, 0.1) is 0 Å². The summed E-state index contributed by atoms with van der Waals surface area (Å²) in [5.74, 6) is 2.17. The minimum atomic E-state index is 1.36. The fourth-order valence-corrected chi connectivity index (χ4v) is 1.75. The van der Waals surface area contributed by atoms with E-state index in [9.17, 15) is 0 Å². The van der Waals surface area contributed by atoms with Crippen LogP contribution < -0.4 is 0 Å². The van der Waals surface area contributed by atoms with Crippen molar-refractivity contribution in [1.82, 2.24) is 0 Å². The highest BCUT2D eigenvalue weighted by Crippen LogP contribution is 2.31.